The lowest BCUT2D eigenvalue weighted by Crippen LogP contribution is -2.47. The van der Waals surface area contributed by atoms with Crippen LogP contribution in [-0.4, -0.2) is 50.5 Å². The zero-order valence-corrected chi connectivity index (χ0v) is 22.2. The molecule has 186 valence electrons. The number of amides is 2. The van der Waals surface area contributed by atoms with Gasteiger partial charge in [-0.05, 0) is 57.0 Å². The van der Waals surface area contributed by atoms with Crippen LogP contribution in [0, 0.1) is 6.92 Å². The van der Waals surface area contributed by atoms with Crippen molar-refractivity contribution >= 4 is 50.7 Å². The van der Waals surface area contributed by atoms with Crippen molar-refractivity contribution in [2.24, 2.45) is 0 Å². The van der Waals surface area contributed by atoms with Crippen LogP contribution in [-0.2, 0) is 26.2 Å². The Kier molecular flexibility index (Phi) is 10.2. The van der Waals surface area contributed by atoms with Crippen molar-refractivity contribution in [2.75, 3.05) is 23.7 Å². The molecule has 10 heteroatoms. The van der Waals surface area contributed by atoms with Gasteiger partial charge in [-0.15, -0.1) is 0 Å². The van der Waals surface area contributed by atoms with Crippen molar-refractivity contribution in [1.82, 2.24) is 10.2 Å². The first kappa shape index (κ1) is 28.0. The number of aryl methyl sites for hydroxylation is 1. The first-order valence-corrected chi connectivity index (χ1v) is 13.6. The second kappa shape index (κ2) is 12.4. The van der Waals surface area contributed by atoms with E-state index >= 15 is 0 Å². The van der Waals surface area contributed by atoms with Gasteiger partial charge < -0.3 is 10.2 Å². The van der Waals surface area contributed by atoms with E-state index in [4.69, 9.17) is 23.2 Å². The largest absolute Gasteiger partial charge is 0.355 e. The highest BCUT2D eigenvalue weighted by atomic mass is 35.5. The van der Waals surface area contributed by atoms with Crippen LogP contribution in [0.15, 0.2) is 42.5 Å². The van der Waals surface area contributed by atoms with E-state index in [1.165, 1.54) is 9.21 Å². The molecule has 0 aromatic heterocycles. The maximum Gasteiger partial charge on any atom is 0.242 e. The van der Waals surface area contributed by atoms with Crippen LogP contribution in [0.1, 0.15) is 37.8 Å². The third-order valence-electron chi connectivity index (χ3n) is 5.35. The number of benzene rings is 2. The molecule has 0 heterocycles. The summed E-state index contributed by atoms with van der Waals surface area (Å²) in [5, 5.41) is 3.53. The molecule has 0 saturated heterocycles. The van der Waals surface area contributed by atoms with Crippen LogP contribution in [0.25, 0.3) is 0 Å². The van der Waals surface area contributed by atoms with Crippen molar-refractivity contribution < 1.29 is 18.0 Å². The van der Waals surface area contributed by atoms with E-state index in [0.717, 1.165) is 11.8 Å². The number of rotatable bonds is 11. The summed E-state index contributed by atoms with van der Waals surface area (Å²) in [4.78, 5) is 27.2. The monoisotopic (exact) mass is 527 g/mol. The predicted molar refractivity (Wildman–Crippen MR) is 138 cm³/mol. The van der Waals surface area contributed by atoms with Crippen molar-refractivity contribution in [2.45, 2.75) is 46.2 Å². The van der Waals surface area contributed by atoms with Gasteiger partial charge in [0.15, 0.2) is 0 Å². The summed E-state index contributed by atoms with van der Waals surface area (Å²) in [6.07, 6.45) is 1.46. The summed E-state index contributed by atoms with van der Waals surface area (Å²) in [7, 11) is -3.54. The van der Waals surface area contributed by atoms with Crippen molar-refractivity contribution in [3.05, 3.63) is 63.6 Å². The second-order valence-electron chi connectivity index (χ2n) is 8.07. The number of halogens is 2. The minimum Gasteiger partial charge on any atom is -0.355 e. The SMILES string of the molecule is CCNC(=O)C(C)N(Cc1c(Cl)cccc1Cl)C(=O)CCCN(c1cccc(C)c1)S(C)(=O)=O. The van der Waals surface area contributed by atoms with Crippen molar-refractivity contribution in [3.63, 3.8) is 0 Å². The Balaban J connectivity index is 2.21. The summed E-state index contributed by atoms with van der Waals surface area (Å²) >= 11 is 12.6. The number of sulfonamides is 1. The minimum absolute atomic E-state index is 0.0453. The maximum absolute atomic E-state index is 13.2. The van der Waals surface area contributed by atoms with Crippen LogP contribution in [0.5, 0.6) is 0 Å². The molecule has 2 rings (SSSR count). The molecule has 0 spiro atoms. The predicted octanol–water partition coefficient (Wildman–Crippen LogP) is 4.40. The van der Waals surface area contributed by atoms with Gasteiger partial charge in [0, 0.05) is 41.7 Å². The highest BCUT2D eigenvalue weighted by Crippen LogP contribution is 2.27. The van der Waals surface area contributed by atoms with E-state index in [0.29, 0.717) is 27.8 Å². The molecular formula is C24H31Cl2N3O4S. The lowest BCUT2D eigenvalue weighted by molar-refractivity contribution is -0.140. The summed E-state index contributed by atoms with van der Waals surface area (Å²) in [5.74, 6) is -0.594. The number of anilines is 1. The fourth-order valence-corrected chi connectivity index (χ4v) is 5.02. The van der Waals surface area contributed by atoms with E-state index in [9.17, 15) is 18.0 Å². The zero-order chi connectivity index (χ0) is 25.5. The van der Waals surface area contributed by atoms with Gasteiger partial charge in [-0.2, -0.15) is 0 Å². The number of carbonyl (C=O) groups is 2. The fraction of sp³-hybridized carbons (Fsp3) is 0.417. The molecule has 0 bridgehead atoms. The quantitative estimate of drug-likeness (QED) is 0.469. The Hall–Kier alpha value is -2.29. The number of nitrogens with zero attached hydrogens (tertiary/aromatic N) is 2. The molecule has 2 aromatic carbocycles. The minimum atomic E-state index is -3.54. The molecule has 1 unspecified atom stereocenters. The van der Waals surface area contributed by atoms with Crippen LogP contribution >= 0.6 is 23.2 Å². The van der Waals surface area contributed by atoms with Gasteiger partial charge in [-0.25, -0.2) is 8.42 Å². The van der Waals surface area contributed by atoms with Crippen LogP contribution in [0.3, 0.4) is 0 Å². The second-order valence-corrected chi connectivity index (χ2v) is 10.8. The van der Waals surface area contributed by atoms with Crippen LogP contribution in [0.2, 0.25) is 10.0 Å². The van der Waals surface area contributed by atoms with Gasteiger partial charge in [0.05, 0.1) is 11.9 Å². The Morgan fingerprint density at radius 1 is 1.09 bits per heavy atom. The molecule has 0 fully saturated rings. The van der Waals surface area contributed by atoms with Crippen LogP contribution in [0.4, 0.5) is 5.69 Å². The molecule has 0 radical (unpaired) electrons. The summed E-state index contributed by atoms with van der Waals surface area (Å²) in [6.45, 7) is 5.94. The average Bonchev–Trinajstić information content (AvgIpc) is 2.75. The molecule has 34 heavy (non-hydrogen) atoms. The highest BCUT2D eigenvalue weighted by molar-refractivity contribution is 7.92. The van der Waals surface area contributed by atoms with E-state index in [1.807, 2.05) is 13.0 Å². The Bertz CT molecular complexity index is 1100. The van der Waals surface area contributed by atoms with Gasteiger partial charge in [0.25, 0.3) is 0 Å². The average molecular weight is 529 g/mol. The zero-order valence-electron chi connectivity index (χ0n) is 19.8. The standard InChI is InChI=1S/C24H31Cl2N3O4S/c1-5-27-24(31)18(3)28(16-20-21(25)11-7-12-22(20)26)23(30)13-8-14-29(34(4,32)33)19-10-6-9-17(2)15-19/h6-7,9-12,15,18H,5,8,13-14,16H2,1-4H3,(H,27,31). The third kappa shape index (κ3) is 7.61. The molecule has 0 saturated carbocycles. The van der Waals surface area contributed by atoms with Gasteiger partial charge in [0.2, 0.25) is 21.8 Å². The molecule has 1 atom stereocenters. The normalized spacial score (nSPS) is 12.2. The molecule has 0 aliphatic heterocycles. The first-order chi connectivity index (χ1) is 16.0. The fourth-order valence-electron chi connectivity index (χ4n) is 3.55. The van der Waals surface area contributed by atoms with Crippen molar-refractivity contribution in [3.8, 4) is 0 Å². The summed E-state index contributed by atoms with van der Waals surface area (Å²) in [5.41, 5.74) is 2.03. The first-order valence-electron chi connectivity index (χ1n) is 11.0. The van der Waals surface area contributed by atoms with E-state index < -0.39 is 16.1 Å². The number of hydrogen-bond donors (Lipinski definition) is 1. The van der Waals surface area contributed by atoms with E-state index in [1.54, 1.807) is 50.2 Å². The molecular weight excluding hydrogens is 497 g/mol. The lowest BCUT2D eigenvalue weighted by atomic mass is 10.1. The topological polar surface area (TPSA) is 86.8 Å². The molecule has 0 aliphatic rings. The number of hydrogen-bond acceptors (Lipinski definition) is 4. The number of likely N-dealkylation sites (N-methyl/N-ethyl adjacent to an activating group) is 1. The molecule has 7 nitrogen and oxygen atoms in total. The van der Waals surface area contributed by atoms with Gasteiger partial charge in [-0.3, -0.25) is 13.9 Å². The molecule has 0 aliphatic carbocycles. The Labute approximate surface area is 212 Å². The van der Waals surface area contributed by atoms with E-state index in [-0.39, 0.29) is 37.7 Å². The third-order valence-corrected chi connectivity index (χ3v) is 7.25. The van der Waals surface area contributed by atoms with Gasteiger partial charge in [-0.1, -0.05) is 41.4 Å². The summed E-state index contributed by atoms with van der Waals surface area (Å²) in [6, 6.07) is 11.5. The summed E-state index contributed by atoms with van der Waals surface area (Å²) < 4.78 is 26.1. The lowest BCUT2D eigenvalue weighted by Gasteiger charge is -2.30. The van der Waals surface area contributed by atoms with E-state index in [2.05, 4.69) is 5.32 Å². The molecule has 1 N–H and O–H groups in total. The number of carbonyl (C=O) groups excluding carboxylic acids is 2. The molecule has 2 aromatic rings. The van der Waals surface area contributed by atoms with Gasteiger partial charge in [0.1, 0.15) is 6.04 Å². The highest BCUT2D eigenvalue weighted by Gasteiger charge is 2.27. The smallest absolute Gasteiger partial charge is 0.242 e. The Morgan fingerprint density at radius 3 is 2.26 bits per heavy atom. The Morgan fingerprint density at radius 2 is 1.71 bits per heavy atom. The van der Waals surface area contributed by atoms with Crippen molar-refractivity contribution in [1.29, 1.82) is 0 Å². The number of nitrogens with one attached hydrogen (secondary N) is 1. The molecule has 2 amide bonds. The van der Waals surface area contributed by atoms with Crippen LogP contribution < -0.4 is 9.62 Å². The van der Waals surface area contributed by atoms with Gasteiger partial charge >= 0.3 is 0 Å². The maximum atomic E-state index is 13.2.